The monoisotopic (exact) mass is 376 g/mol. The average Bonchev–Trinajstić information content (AvgIpc) is 2.67. The van der Waals surface area contributed by atoms with E-state index in [1.165, 1.54) is 12.1 Å². The molecule has 3 N–H and O–H groups in total. The largest absolute Gasteiger partial charge is 0.507 e. The molecule has 0 saturated carbocycles. The Morgan fingerprint density at radius 1 is 0.750 bits per heavy atom. The van der Waals surface area contributed by atoms with Crippen LogP contribution in [-0.4, -0.2) is 26.7 Å². The predicted molar refractivity (Wildman–Crippen MR) is 99.5 cm³/mol. The lowest BCUT2D eigenvalue weighted by Crippen LogP contribution is -2.23. The number of hydrogen-bond donors (Lipinski definition) is 3. The standard InChI is InChI=1S/C20H12N2O6/c23-13-8-6-11(21-10-4-2-1-3-5-10)15-17(13)20(26)18-14(24)9-7-12(22(27)28)16(18)19(15)25/h1-9,21,23-24H. The molecule has 28 heavy (non-hydrogen) atoms. The van der Waals surface area contributed by atoms with E-state index in [0.717, 1.165) is 12.1 Å². The van der Waals surface area contributed by atoms with Crippen LogP contribution >= 0.6 is 0 Å². The summed E-state index contributed by atoms with van der Waals surface area (Å²) in [6.45, 7) is 0. The van der Waals surface area contributed by atoms with E-state index < -0.39 is 44.8 Å². The maximum absolute atomic E-state index is 13.2. The van der Waals surface area contributed by atoms with Crippen molar-refractivity contribution in [2.75, 3.05) is 5.32 Å². The minimum Gasteiger partial charge on any atom is -0.507 e. The Balaban J connectivity index is 1.99. The van der Waals surface area contributed by atoms with Crippen LogP contribution in [0.2, 0.25) is 0 Å². The maximum Gasteiger partial charge on any atom is 0.281 e. The Morgan fingerprint density at radius 2 is 1.32 bits per heavy atom. The highest BCUT2D eigenvalue weighted by Gasteiger charge is 2.40. The van der Waals surface area contributed by atoms with Crippen molar-refractivity contribution in [2.45, 2.75) is 0 Å². The molecule has 1 aliphatic carbocycles. The van der Waals surface area contributed by atoms with Crippen molar-refractivity contribution in [1.82, 2.24) is 0 Å². The first kappa shape index (κ1) is 17.2. The molecule has 0 radical (unpaired) electrons. The van der Waals surface area contributed by atoms with Crippen molar-refractivity contribution in [3.63, 3.8) is 0 Å². The third kappa shape index (κ3) is 2.47. The fraction of sp³-hybridized carbons (Fsp3) is 0. The molecule has 0 saturated heterocycles. The third-order valence-corrected chi connectivity index (χ3v) is 4.50. The Morgan fingerprint density at radius 3 is 1.96 bits per heavy atom. The Hall–Kier alpha value is -4.20. The maximum atomic E-state index is 13.2. The number of ketones is 2. The molecule has 3 aromatic carbocycles. The summed E-state index contributed by atoms with van der Waals surface area (Å²) < 4.78 is 0. The van der Waals surface area contributed by atoms with E-state index in [1.807, 2.05) is 0 Å². The lowest BCUT2D eigenvalue weighted by atomic mass is 9.81. The molecule has 0 heterocycles. The molecule has 0 unspecified atom stereocenters. The number of hydrogen-bond acceptors (Lipinski definition) is 7. The topological polar surface area (TPSA) is 130 Å². The van der Waals surface area contributed by atoms with Crippen molar-refractivity contribution in [2.24, 2.45) is 0 Å². The number of phenolic OH excluding ortho intramolecular Hbond substituents is 2. The van der Waals surface area contributed by atoms with Crippen LogP contribution in [-0.2, 0) is 0 Å². The van der Waals surface area contributed by atoms with Gasteiger partial charge in [0.2, 0.25) is 11.6 Å². The summed E-state index contributed by atoms with van der Waals surface area (Å²) in [5.41, 5.74) is -1.24. The van der Waals surface area contributed by atoms with Crippen LogP contribution in [0, 0.1) is 10.1 Å². The molecular formula is C20H12N2O6. The van der Waals surface area contributed by atoms with E-state index in [1.54, 1.807) is 30.3 Å². The lowest BCUT2D eigenvalue weighted by molar-refractivity contribution is -0.385. The van der Waals surface area contributed by atoms with Gasteiger partial charge in [-0.3, -0.25) is 19.7 Å². The van der Waals surface area contributed by atoms with E-state index in [-0.39, 0.29) is 16.8 Å². The van der Waals surface area contributed by atoms with Gasteiger partial charge in [0.05, 0.1) is 27.3 Å². The first-order valence-corrected chi connectivity index (χ1v) is 8.18. The van der Waals surface area contributed by atoms with Crippen LogP contribution in [0.25, 0.3) is 0 Å². The van der Waals surface area contributed by atoms with Gasteiger partial charge in [0.15, 0.2) is 0 Å². The molecule has 8 heteroatoms. The van der Waals surface area contributed by atoms with Crippen molar-refractivity contribution < 1.29 is 24.7 Å². The number of rotatable bonds is 3. The second-order valence-electron chi connectivity index (χ2n) is 6.14. The summed E-state index contributed by atoms with van der Waals surface area (Å²) in [5.74, 6) is -2.71. The molecule has 0 spiro atoms. The van der Waals surface area contributed by atoms with Gasteiger partial charge < -0.3 is 15.5 Å². The van der Waals surface area contributed by atoms with Crippen LogP contribution in [0.5, 0.6) is 11.5 Å². The highest BCUT2D eigenvalue weighted by Crippen LogP contribution is 2.43. The van der Waals surface area contributed by atoms with Gasteiger partial charge in [-0.1, -0.05) is 18.2 Å². The molecule has 0 fully saturated rings. The number of aromatic hydroxyl groups is 2. The highest BCUT2D eigenvalue weighted by atomic mass is 16.6. The molecule has 138 valence electrons. The Labute approximate surface area is 157 Å². The van der Waals surface area contributed by atoms with Gasteiger partial charge in [-0.25, -0.2) is 0 Å². The summed E-state index contributed by atoms with van der Waals surface area (Å²) >= 11 is 0. The Bertz CT molecular complexity index is 1170. The zero-order chi connectivity index (χ0) is 20.0. The molecule has 3 aromatic rings. The quantitative estimate of drug-likeness (QED) is 0.283. The van der Waals surface area contributed by atoms with Gasteiger partial charge in [-0.2, -0.15) is 0 Å². The van der Waals surface area contributed by atoms with E-state index in [2.05, 4.69) is 5.32 Å². The van der Waals surface area contributed by atoms with Crippen LogP contribution in [0.4, 0.5) is 17.1 Å². The molecule has 0 aliphatic heterocycles. The number of phenols is 2. The van der Waals surface area contributed by atoms with Gasteiger partial charge in [0, 0.05) is 11.8 Å². The molecule has 0 aromatic heterocycles. The second kappa shape index (κ2) is 6.20. The summed E-state index contributed by atoms with van der Waals surface area (Å²) in [7, 11) is 0. The van der Waals surface area contributed by atoms with E-state index in [0.29, 0.717) is 5.69 Å². The minimum atomic E-state index is -0.861. The number of para-hydroxylation sites is 1. The molecule has 0 bridgehead atoms. The second-order valence-corrected chi connectivity index (χ2v) is 6.14. The van der Waals surface area contributed by atoms with Gasteiger partial charge in [-0.05, 0) is 30.3 Å². The van der Waals surface area contributed by atoms with Crippen LogP contribution in [0.3, 0.4) is 0 Å². The number of nitro benzene ring substituents is 1. The number of benzene rings is 3. The number of anilines is 2. The normalized spacial score (nSPS) is 12.3. The number of nitrogens with one attached hydrogen (secondary N) is 1. The number of nitrogens with zero attached hydrogens (tertiary/aromatic N) is 1. The highest BCUT2D eigenvalue weighted by molar-refractivity contribution is 6.33. The average molecular weight is 376 g/mol. The summed E-state index contributed by atoms with van der Waals surface area (Å²) in [5, 5.41) is 34.7. The SMILES string of the molecule is O=C1c2c(O)ccc(Nc3ccccc3)c2C(=O)c2c([N+](=O)[O-])ccc(O)c21. The van der Waals surface area contributed by atoms with E-state index in [9.17, 15) is 29.9 Å². The van der Waals surface area contributed by atoms with Crippen LogP contribution < -0.4 is 5.32 Å². The number of carbonyl (C=O) groups excluding carboxylic acids is 2. The summed E-state index contributed by atoms with van der Waals surface area (Å²) in [4.78, 5) is 36.7. The number of fused-ring (bicyclic) bond motifs is 2. The fourth-order valence-corrected chi connectivity index (χ4v) is 3.28. The predicted octanol–water partition coefficient (Wildman–Crippen LogP) is 3.53. The molecule has 4 rings (SSSR count). The van der Waals surface area contributed by atoms with Crippen molar-refractivity contribution >= 4 is 28.6 Å². The smallest absolute Gasteiger partial charge is 0.281 e. The lowest BCUT2D eigenvalue weighted by Gasteiger charge is -2.22. The molecule has 8 nitrogen and oxygen atoms in total. The van der Waals surface area contributed by atoms with E-state index >= 15 is 0 Å². The summed E-state index contributed by atoms with van der Waals surface area (Å²) in [6.07, 6.45) is 0. The fourth-order valence-electron chi connectivity index (χ4n) is 3.28. The Kier molecular flexibility index (Phi) is 3.82. The minimum absolute atomic E-state index is 0.185. The molecule has 1 aliphatic rings. The zero-order valence-corrected chi connectivity index (χ0v) is 14.2. The molecule has 0 amide bonds. The molecule has 0 atom stereocenters. The molecular weight excluding hydrogens is 364 g/mol. The van der Waals surface area contributed by atoms with Gasteiger partial charge in [0.1, 0.15) is 17.1 Å². The van der Waals surface area contributed by atoms with Crippen molar-refractivity contribution in [3.05, 3.63) is 87.0 Å². The van der Waals surface area contributed by atoms with Gasteiger partial charge in [-0.15, -0.1) is 0 Å². The number of carbonyl (C=O) groups is 2. The summed E-state index contributed by atoms with van der Waals surface area (Å²) in [6, 6.07) is 13.4. The van der Waals surface area contributed by atoms with Gasteiger partial charge in [0.25, 0.3) is 5.69 Å². The first-order valence-electron chi connectivity index (χ1n) is 8.18. The van der Waals surface area contributed by atoms with Crippen molar-refractivity contribution in [3.8, 4) is 11.5 Å². The number of nitro groups is 1. The van der Waals surface area contributed by atoms with E-state index in [4.69, 9.17) is 0 Å². The van der Waals surface area contributed by atoms with Crippen LogP contribution in [0.15, 0.2) is 54.6 Å². The van der Waals surface area contributed by atoms with Gasteiger partial charge >= 0.3 is 0 Å². The first-order chi connectivity index (χ1) is 13.4. The third-order valence-electron chi connectivity index (χ3n) is 4.50. The van der Waals surface area contributed by atoms with Crippen LogP contribution in [0.1, 0.15) is 31.8 Å². The zero-order valence-electron chi connectivity index (χ0n) is 14.2. The van der Waals surface area contributed by atoms with Crippen molar-refractivity contribution in [1.29, 1.82) is 0 Å².